The zero-order chi connectivity index (χ0) is 25.8. The Hall–Kier alpha value is -2.78. The van der Waals surface area contributed by atoms with Crippen LogP contribution >= 0.6 is 0 Å². The number of ether oxygens (including phenoxy) is 1. The van der Waals surface area contributed by atoms with Crippen molar-refractivity contribution in [2.24, 2.45) is 11.8 Å². The fourth-order valence-corrected chi connectivity index (χ4v) is 6.51. The van der Waals surface area contributed by atoms with Crippen molar-refractivity contribution in [2.75, 3.05) is 20.2 Å². The summed E-state index contributed by atoms with van der Waals surface area (Å²) in [6.07, 6.45) is 2.74. The SMILES string of the molecule is CCC1C[N+]2(Cc3c(F)c(F)c(F)c(F)c3F)CCC1CC2C(O)c1ccnc2ccc(OC)cc12. The normalized spacial score (nSPS) is 26.4. The number of benzene rings is 2. The second-order valence-corrected chi connectivity index (χ2v) is 10.1. The number of rotatable bonds is 6. The van der Waals surface area contributed by atoms with Gasteiger partial charge >= 0.3 is 0 Å². The molecule has 3 saturated heterocycles. The van der Waals surface area contributed by atoms with Crippen LogP contribution in [0.5, 0.6) is 5.75 Å². The van der Waals surface area contributed by atoms with Crippen LogP contribution in [0, 0.1) is 40.9 Å². The van der Waals surface area contributed by atoms with Crippen LogP contribution in [-0.4, -0.2) is 40.8 Å². The quantitative estimate of drug-likeness (QED) is 0.198. The van der Waals surface area contributed by atoms with Gasteiger partial charge in [0.1, 0.15) is 24.4 Å². The van der Waals surface area contributed by atoms with Crippen LogP contribution in [0.25, 0.3) is 10.9 Å². The summed E-state index contributed by atoms with van der Waals surface area (Å²) in [5.74, 6) is -8.50. The Morgan fingerprint density at radius 2 is 1.75 bits per heavy atom. The Morgan fingerprint density at radius 1 is 1.06 bits per heavy atom. The summed E-state index contributed by atoms with van der Waals surface area (Å²) < 4.78 is 76.8. The van der Waals surface area contributed by atoms with Gasteiger partial charge in [-0.3, -0.25) is 4.98 Å². The first-order valence-corrected chi connectivity index (χ1v) is 12.2. The highest BCUT2D eigenvalue weighted by molar-refractivity contribution is 5.83. The second kappa shape index (κ2) is 9.27. The molecule has 9 heteroatoms. The number of methoxy groups -OCH3 is 1. The Bertz CT molecular complexity index is 1290. The third kappa shape index (κ3) is 3.84. The van der Waals surface area contributed by atoms with Gasteiger partial charge in [-0.1, -0.05) is 6.92 Å². The molecule has 5 unspecified atom stereocenters. The van der Waals surface area contributed by atoms with Crippen LogP contribution in [0.4, 0.5) is 22.0 Å². The van der Waals surface area contributed by atoms with E-state index >= 15 is 0 Å². The smallest absolute Gasteiger partial charge is 0.200 e. The number of piperidine rings is 3. The van der Waals surface area contributed by atoms with Crippen LogP contribution in [0.3, 0.4) is 0 Å². The topological polar surface area (TPSA) is 42.4 Å². The monoisotopic (exact) mass is 507 g/mol. The molecule has 6 rings (SSSR count). The molecule has 1 aromatic heterocycles. The van der Waals surface area contributed by atoms with Crippen molar-refractivity contribution in [2.45, 2.75) is 44.9 Å². The molecule has 36 heavy (non-hydrogen) atoms. The Kier molecular flexibility index (Phi) is 6.41. The van der Waals surface area contributed by atoms with E-state index in [4.69, 9.17) is 4.74 Å². The first kappa shape index (κ1) is 24.9. The van der Waals surface area contributed by atoms with Gasteiger partial charge in [0.05, 0.1) is 31.3 Å². The summed E-state index contributed by atoms with van der Waals surface area (Å²) >= 11 is 0. The van der Waals surface area contributed by atoms with Crippen molar-refractivity contribution in [1.82, 2.24) is 4.98 Å². The number of aliphatic hydroxyl groups excluding tert-OH is 1. The van der Waals surface area contributed by atoms with Gasteiger partial charge in [0, 0.05) is 30.3 Å². The van der Waals surface area contributed by atoms with Gasteiger partial charge in [0.25, 0.3) is 0 Å². The van der Waals surface area contributed by atoms with E-state index in [0.29, 0.717) is 47.6 Å². The first-order valence-electron chi connectivity index (χ1n) is 12.2. The number of halogens is 5. The molecule has 3 aromatic rings. The van der Waals surface area contributed by atoms with Gasteiger partial charge in [0.15, 0.2) is 23.3 Å². The number of hydrogen-bond donors (Lipinski definition) is 1. The van der Waals surface area contributed by atoms with Crippen LogP contribution in [-0.2, 0) is 6.54 Å². The zero-order valence-electron chi connectivity index (χ0n) is 20.1. The van der Waals surface area contributed by atoms with Crippen molar-refractivity contribution in [1.29, 1.82) is 0 Å². The van der Waals surface area contributed by atoms with Crippen LogP contribution in [0.15, 0.2) is 30.5 Å². The summed E-state index contributed by atoms with van der Waals surface area (Å²) in [5.41, 5.74) is 0.431. The Labute approximate surface area is 205 Å². The molecular weight excluding hydrogens is 479 g/mol. The summed E-state index contributed by atoms with van der Waals surface area (Å²) in [4.78, 5) is 4.36. The number of aliphatic hydroxyl groups is 1. The lowest BCUT2D eigenvalue weighted by molar-refractivity contribution is -0.986. The van der Waals surface area contributed by atoms with Crippen LogP contribution < -0.4 is 4.74 Å². The average Bonchev–Trinajstić information content (AvgIpc) is 2.92. The second-order valence-electron chi connectivity index (χ2n) is 10.1. The molecule has 1 N–H and O–H groups in total. The highest BCUT2D eigenvalue weighted by atomic mass is 19.2. The van der Waals surface area contributed by atoms with E-state index in [1.54, 1.807) is 30.5 Å². The van der Waals surface area contributed by atoms with E-state index in [-0.39, 0.29) is 16.9 Å². The highest BCUT2D eigenvalue weighted by Gasteiger charge is 2.55. The Balaban J connectivity index is 1.61. The number of nitrogens with zero attached hydrogens (tertiary/aromatic N) is 2. The molecule has 3 fully saturated rings. The van der Waals surface area contributed by atoms with Gasteiger partial charge in [-0.25, -0.2) is 22.0 Å². The highest BCUT2D eigenvalue weighted by Crippen LogP contribution is 2.49. The van der Waals surface area contributed by atoms with Crippen LogP contribution in [0.2, 0.25) is 0 Å². The maximum Gasteiger partial charge on any atom is 0.200 e. The average molecular weight is 508 g/mol. The van der Waals surface area contributed by atoms with E-state index in [0.717, 1.165) is 12.8 Å². The van der Waals surface area contributed by atoms with Crippen molar-refractivity contribution in [3.63, 3.8) is 0 Å². The third-order valence-corrected chi connectivity index (χ3v) is 8.42. The van der Waals surface area contributed by atoms with Gasteiger partial charge in [-0.2, -0.15) is 0 Å². The molecule has 0 saturated carbocycles. The van der Waals surface area contributed by atoms with Crippen molar-refractivity contribution >= 4 is 10.9 Å². The van der Waals surface area contributed by atoms with Crippen molar-refractivity contribution in [3.8, 4) is 5.75 Å². The van der Waals surface area contributed by atoms with E-state index in [9.17, 15) is 27.1 Å². The summed E-state index contributed by atoms with van der Waals surface area (Å²) in [6.45, 7) is 2.63. The number of quaternary nitrogens is 1. The molecule has 3 aliphatic heterocycles. The number of fused-ring (bicyclic) bond motifs is 4. The van der Waals surface area contributed by atoms with Gasteiger partial charge in [-0.15, -0.1) is 0 Å². The minimum absolute atomic E-state index is 0.0578. The number of aromatic nitrogens is 1. The summed E-state index contributed by atoms with van der Waals surface area (Å²) in [7, 11) is 1.54. The molecule has 4 nitrogen and oxygen atoms in total. The number of pyridine rings is 1. The lowest BCUT2D eigenvalue weighted by Crippen LogP contribution is -2.67. The maximum atomic E-state index is 14.8. The predicted molar refractivity (Wildman–Crippen MR) is 123 cm³/mol. The molecule has 2 aromatic carbocycles. The molecule has 2 bridgehead atoms. The maximum absolute atomic E-state index is 14.8. The molecule has 3 aliphatic rings. The standard InChI is InChI=1S/C27H28F5N2O2/c1-3-14-12-34(13-19-22(28)24(30)26(32)25(31)23(19)29)9-7-15(14)10-21(34)27(35)17-6-8-33-20-5-4-16(36-2)11-18(17)20/h4-6,8,11,14-15,21,27,35H,3,7,9-10,12-13H2,1-2H3/q+1. The summed E-state index contributed by atoms with van der Waals surface area (Å²) in [5, 5.41) is 12.4. The summed E-state index contributed by atoms with van der Waals surface area (Å²) in [6, 6.07) is 6.55. The molecule has 5 atom stereocenters. The molecule has 0 radical (unpaired) electrons. The molecule has 4 heterocycles. The lowest BCUT2D eigenvalue weighted by Gasteiger charge is -2.58. The van der Waals surface area contributed by atoms with Gasteiger partial charge in [0.2, 0.25) is 5.82 Å². The predicted octanol–water partition coefficient (Wildman–Crippen LogP) is 5.81. The molecule has 0 spiro atoms. The van der Waals surface area contributed by atoms with Gasteiger partial charge in [-0.05, 0) is 42.2 Å². The van der Waals surface area contributed by atoms with Crippen molar-refractivity contribution < 1.29 is 36.3 Å². The van der Waals surface area contributed by atoms with E-state index < -0.39 is 46.8 Å². The van der Waals surface area contributed by atoms with E-state index in [1.807, 2.05) is 6.92 Å². The molecule has 0 amide bonds. The fourth-order valence-electron chi connectivity index (χ4n) is 6.51. The fraction of sp³-hybridized carbons (Fsp3) is 0.444. The third-order valence-electron chi connectivity index (χ3n) is 8.42. The largest absolute Gasteiger partial charge is 0.497 e. The minimum atomic E-state index is -2.16. The molecule has 192 valence electrons. The lowest BCUT2D eigenvalue weighted by atomic mass is 9.70. The van der Waals surface area contributed by atoms with Crippen LogP contribution in [0.1, 0.15) is 43.4 Å². The van der Waals surface area contributed by atoms with Crippen molar-refractivity contribution in [3.05, 3.63) is 70.7 Å². The zero-order valence-corrected chi connectivity index (χ0v) is 20.1. The van der Waals surface area contributed by atoms with Gasteiger partial charge < -0.3 is 14.3 Å². The Morgan fingerprint density at radius 3 is 2.42 bits per heavy atom. The molecular formula is C27H28F5N2O2+. The van der Waals surface area contributed by atoms with E-state index in [1.165, 1.54) is 7.11 Å². The minimum Gasteiger partial charge on any atom is -0.497 e. The van der Waals surface area contributed by atoms with E-state index in [2.05, 4.69) is 4.98 Å². The molecule has 0 aliphatic carbocycles. The first-order chi connectivity index (χ1) is 17.2. The number of hydrogen-bond acceptors (Lipinski definition) is 3.